The lowest BCUT2D eigenvalue weighted by atomic mass is 9.81. The molecule has 0 saturated carbocycles. The van der Waals surface area contributed by atoms with Gasteiger partial charge in [-0.25, -0.2) is 0 Å². The van der Waals surface area contributed by atoms with E-state index in [1.54, 1.807) is 0 Å². The van der Waals surface area contributed by atoms with E-state index >= 15 is 0 Å². The van der Waals surface area contributed by atoms with Gasteiger partial charge in [-0.15, -0.1) is 0 Å². The lowest BCUT2D eigenvalue weighted by molar-refractivity contribution is 0.443. The highest BCUT2D eigenvalue weighted by Gasteiger charge is 2.37. The molecule has 0 aromatic heterocycles. The second-order valence-electron chi connectivity index (χ2n) is 14.2. The fourth-order valence-electron chi connectivity index (χ4n) is 8.05. The Morgan fingerprint density at radius 3 is 2.04 bits per heavy atom. The van der Waals surface area contributed by atoms with E-state index in [9.17, 15) is 5.26 Å². The lowest BCUT2D eigenvalue weighted by Gasteiger charge is -2.33. The third kappa shape index (κ3) is 5.42. The highest BCUT2D eigenvalue weighted by atomic mass is 15.2. The Labute approximate surface area is 299 Å². The number of fused-ring (bicyclic) bond motifs is 4. The van der Waals surface area contributed by atoms with Crippen molar-refractivity contribution >= 4 is 16.5 Å². The molecule has 0 fully saturated rings. The molecule has 0 bridgehead atoms. The summed E-state index contributed by atoms with van der Waals surface area (Å²) in [6.45, 7) is 4.72. The molecule has 1 heterocycles. The molecule has 3 nitrogen and oxygen atoms in total. The molecule has 0 amide bonds. The Kier molecular flexibility index (Phi) is 7.42. The fourth-order valence-corrected chi connectivity index (χ4v) is 8.05. The van der Waals surface area contributed by atoms with E-state index in [0.717, 1.165) is 22.4 Å². The molecule has 2 atom stereocenters. The van der Waals surface area contributed by atoms with Gasteiger partial charge >= 0.3 is 0 Å². The number of nitrogens with one attached hydrogen (secondary N) is 2. The molecule has 2 N–H and O–H groups in total. The Bertz CT molecular complexity index is 2520. The summed E-state index contributed by atoms with van der Waals surface area (Å²) in [6, 6.07) is 58.6. The van der Waals surface area contributed by atoms with Crippen LogP contribution in [-0.4, -0.2) is 0 Å². The maximum Gasteiger partial charge on any atom is 0.104 e. The van der Waals surface area contributed by atoms with Crippen LogP contribution in [0.3, 0.4) is 0 Å². The summed E-state index contributed by atoms with van der Waals surface area (Å²) in [5.74, 6) is 0. The minimum atomic E-state index is -0.0934. The standard InChI is InChI=1S/C48H37N3/c1-48(2)42-20-10-19-40(46(42)41-27-35-13-6-7-14-36(35)28-43(41)48)37-16-9-18-39(26-37)45-29-44(50-47(51-45)33-11-4-3-5-12-33)38-17-8-15-34(25-38)32-23-21-31(30-49)22-24-32/h3-29,44,47,50-51H,1-2H3. The van der Waals surface area contributed by atoms with Crippen molar-refractivity contribution in [2.24, 2.45) is 0 Å². The van der Waals surface area contributed by atoms with Gasteiger partial charge in [-0.05, 0) is 114 Å². The summed E-state index contributed by atoms with van der Waals surface area (Å²) in [4.78, 5) is 0. The van der Waals surface area contributed by atoms with Crippen LogP contribution in [0, 0.1) is 11.3 Å². The molecule has 2 aliphatic rings. The molecule has 1 aliphatic carbocycles. The van der Waals surface area contributed by atoms with Crippen LogP contribution in [0.15, 0.2) is 164 Å². The van der Waals surface area contributed by atoms with Gasteiger partial charge in [0.05, 0.1) is 17.7 Å². The molecular formula is C48H37N3. The summed E-state index contributed by atoms with van der Waals surface area (Å²) >= 11 is 0. The molecule has 0 radical (unpaired) electrons. The number of rotatable bonds is 5. The first-order valence-corrected chi connectivity index (χ1v) is 17.6. The number of hydrogen-bond donors (Lipinski definition) is 2. The second-order valence-corrected chi connectivity index (χ2v) is 14.2. The van der Waals surface area contributed by atoms with Crippen molar-refractivity contribution in [3.63, 3.8) is 0 Å². The predicted octanol–water partition coefficient (Wildman–Crippen LogP) is 11.3. The molecule has 244 valence electrons. The van der Waals surface area contributed by atoms with E-state index in [1.807, 2.05) is 24.3 Å². The predicted molar refractivity (Wildman–Crippen MR) is 210 cm³/mol. The first kappa shape index (κ1) is 30.8. The van der Waals surface area contributed by atoms with E-state index in [4.69, 9.17) is 0 Å². The van der Waals surface area contributed by atoms with Crippen LogP contribution in [0.5, 0.6) is 0 Å². The van der Waals surface area contributed by atoms with E-state index in [1.165, 1.54) is 55.3 Å². The van der Waals surface area contributed by atoms with Crippen LogP contribution in [-0.2, 0) is 5.41 Å². The molecule has 1 aliphatic heterocycles. The van der Waals surface area contributed by atoms with Crippen LogP contribution in [0.25, 0.3) is 49.9 Å². The van der Waals surface area contributed by atoms with Crippen LogP contribution < -0.4 is 10.6 Å². The zero-order valence-electron chi connectivity index (χ0n) is 28.7. The molecular weight excluding hydrogens is 619 g/mol. The maximum absolute atomic E-state index is 9.30. The molecule has 7 aromatic rings. The average Bonchev–Trinajstić information content (AvgIpc) is 3.42. The average molecular weight is 656 g/mol. The Morgan fingerprint density at radius 1 is 0.549 bits per heavy atom. The topological polar surface area (TPSA) is 47.9 Å². The molecule has 9 rings (SSSR count). The van der Waals surface area contributed by atoms with Gasteiger partial charge in [0.1, 0.15) is 6.17 Å². The first-order valence-electron chi connectivity index (χ1n) is 17.6. The quantitative estimate of drug-likeness (QED) is 0.194. The maximum atomic E-state index is 9.30. The van der Waals surface area contributed by atoms with Gasteiger partial charge in [0, 0.05) is 11.1 Å². The molecule has 7 aromatic carbocycles. The van der Waals surface area contributed by atoms with Crippen molar-refractivity contribution in [2.75, 3.05) is 0 Å². The molecule has 3 heteroatoms. The first-order chi connectivity index (χ1) is 25.0. The molecule has 0 saturated heterocycles. The van der Waals surface area contributed by atoms with Crippen LogP contribution in [0.2, 0.25) is 0 Å². The largest absolute Gasteiger partial charge is 0.366 e. The molecule has 0 spiro atoms. The normalized spacial score (nSPS) is 17.2. The SMILES string of the molecule is CC1(C)c2cc3ccccc3cc2-c2c(-c3cccc(C4=CC(c5cccc(-c6ccc(C#N)cc6)c5)NC(c5ccccc5)N4)c3)cccc21. The minimum absolute atomic E-state index is 0.0321. The summed E-state index contributed by atoms with van der Waals surface area (Å²) in [7, 11) is 0. The Balaban J connectivity index is 1.14. The molecule has 51 heavy (non-hydrogen) atoms. The second kappa shape index (κ2) is 12.3. The van der Waals surface area contributed by atoms with Gasteiger partial charge in [0.25, 0.3) is 0 Å². The highest BCUT2D eigenvalue weighted by Crippen LogP contribution is 2.53. The lowest BCUT2D eigenvalue weighted by Crippen LogP contribution is -2.39. The highest BCUT2D eigenvalue weighted by molar-refractivity contribution is 5.98. The zero-order valence-corrected chi connectivity index (χ0v) is 28.7. The van der Waals surface area contributed by atoms with Gasteiger partial charge in [-0.1, -0.05) is 135 Å². The van der Waals surface area contributed by atoms with E-state index in [0.29, 0.717) is 5.56 Å². The van der Waals surface area contributed by atoms with Crippen molar-refractivity contribution in [1.82, 2.24) is 10.6 Å². The smallest absolute Gasteiger partial charge is 0.104 e. The third-order valence-electron chi connectivity index (χ3n) is 10.8. The third-order valence-corrected chi connectivity index (χ3v) is 10.8. The van der Waals surface area contributed by atoms with Crippen molar-refractivity contribution < 1.29 is 0 Å². The van der Waals surface area contributed by atoms with Crippen molar-refractivity contribution in [3.8, 4) is 39.4 Å². The Morgan fingerprint density at radius 2 is 1.24 bits per heavy atom. The summed E-state index contributed by atoms with van der Waals surface area (Å²) in [6.07, 6.45) is 2.23. The number of benzene rings is 7. The van der Waals surface area contributed by atoms with Gasteiger partial charge in [0.15, 0.2) is 0 Å². The van der Waals surface area contributed by atoms with Gasteiger partial charge in [0.2, 0.25) is 0 Å². The number of hydrogen-bond acceptors (Lipinski definition) is 3. The molecule has 2 unspecified atom stereocenters. The monoisotopic (exact) mass is 655 g/mol. The van der Waals surface area contributed by atoms with E-state index in [-0.39, 0.29) is 17.6 Å². The van der Waals surface area contributed by atoms with Crippen LogP contribution in [0.4, 0.5) is 0 Å². The zero-order chi connectivity index (χ0) is 34.5. The fraction of sp³-hybridized carbons (Fsp3) is 0.104. The van der Waals surface area contributed by atoms with Crippen molar-refractivity contribution in [1.29, 1.82) is 5.26 Å². The van der Waals surface area contributed by atoms with E-state index < -0.39 is 0 Å². The number of nitriles is 1. The Hall–Kier alpha value is -6.21. The van der Waals surface area contributed by atoms with Gasteiger partial charge < -0.3 is 5.32 Å². The van der Waals surface area contributed by atoms with Crippen molar-refractivity contribution in [2.45, 2.75) is 31.5 Å². The van der Waals surface area contributed by atoms with Crippen LogP contribution >= 0.6 is 0 Å². The van der Waals surface area contributed by atoms with Gasteiger partial charge in [-0.2, -0.15) is 5.26 Å². The summed E-state index contributed by atoms with van der Waals surface area (Å²) in [5.41, 5.74) is 15.3. The van der Waals surface area contributed by atoms with Gasteiger partial charge in [-0.3, -0.25) is 5.32 Å². The summed E-state index contributed by atoms with van der Waals surface area (Å²) in [5, 5.41) is 19.6. The number of nitrogens with zero attached hydrogens (tertiary/aromatic N) is 1. The van der Waals surface area contributed by atoms with E-state index in [2.05, 4.69) is 170 Å². The minimum Gasteiger partial charge on any atom is -0.366 e. The van der Waals surface area contributed by atoms with Crippen molar-refractivity contribution in [3.05, 3.63) is 197 Å². The summed E-state index contributed by atoms with van der Waals surface area (Å²) < 4.78 is 0. The van der Waals surface area contributed by atoms with Crippen LogP contribution in [0.1, 0.15) is 59.4 Å².